The maximum atomic E-state index is 14.0. The minimum atomic E-state index is -0.903. The zero-order valence-corrected chi connectivity index (χ0v) is 21.7. The van der Waals surface area contributed by atoms with Crippen LogP contribution >= 0.6 is 0 Å². The third-order valence-electron chi connectivity index (χ3n) is 8.48. The number of amides is 1. The Morgan fingerprint density at radius 1 is 1.06 bits per heavy atom. The average molecular weight is 487 g/mol. The normalized spacial score (nSPS) is 26.6. The Balaban J connectivity index is 1.53. The molecule has 0 spiro atoms. The van der Waals surface area contributed by atoms with Crippen LogP contribution in [0.15, 0.2) is 66.7 Å². The summed E-state index contributed by atoms with van der Waals surface area (Å²) in [6.45, 7) is 6.44. The van der Waals surface area contributed by atoms with E-state index in [1.54, 1.807) is 6.07 Å². The van der Waals surface area contributed by atoms with E-state index in [2.05, 4.69) is 42.8 Å². The Kier molecular flexibility index (Phi) is 6.56. The van der Waals surface area contributed by atoms with Gasteiger partial charge in [-0.25, -0.2) is 0 Å². The molecule has 0 bridgehead atoms. The molecule has 5 heteroatoms. The van der Waals surface area contributed by atoms with Gasteiger partial charge in [-0.2, -0.15) is 0 Å². The first-order valence-electron chi connectivity index (χ1n) is 13.2. The molecule has 1 aliphatic carbocycles. The summed E-state index contributed by atoms with van der Waals surface area (Å²) in [5.74, 6) is 0.602. The molecule has 2 aliphatic rings. The predicted molar refractivity (Wildman–Crippen MR) is 144 cm³/mol. The first-order chi connectivity index (χ1) is 17.2. The van der Waals surface area contributed by atoms with Crippen molar-refractivity contribution in [3.63, 3.8) is 0 Å². The highest BCUT2D eigenvalue weighted by atomic mass is 16.3. The van der Waals surface area contributed by atoms with Gasteiger partial charge in [0.2, 0.25) is 0 Å². The lowest BCUT2D eigenvalue weighted by Crippen LogP contribution is -2.67. The topological polar surface area (TPSA) is 64.0 Å². The molecule has 3 aromatic carbocycles. The van der Waals surface area contributed by atoms with Crippen LogP contribution in [-0.2, 0) is 5.41 Å². The van der Waals surface area contributed by atoms with Crippen molar-refractivity contribution in [2.75, 3.05) is 26.7 Å². The Hall–Kier alpha value is -2.89. The number of piperidine rings is 1. The third-order valence-corrected chi connectivity index (χ3v) is 8.48. The lowest BCUT2D eigenvalue weighted by molar-refractivity contribution is -0.129. The van der Waals surface area contributed by atoms with Gasteiger partial charge in [-0.15, -0.1) is 0 Å². The van der Waals surface area contributed by atoms with Crippen LogP contribution in [0, 0.1) is 5.92 Å². The number of rotatable bonds is 5. The van der Waals surface area contributed by atoms with Gasteiger partial charge in [0.25, 0.3) is 5.91 Å². The molecule has 3 aromatic rings. The lowest BCUT2D eigenvalue weighted by Gasteiger charge is -2.59. The van der Waals surface area contributed by atoms with E-state index < -0.39 is 11.0 Å². The van der Waals surface area contributed by atoms with Gasteiger partial charge < -0.3 is 20.0 Å². The smallest absolute Gasteiger partial charge is 0.254 e. The van der Waals surface area contributed by atoms with Crippen molar-refractivity contribution in [3.05, 3.63) is 77.9 Å². The Bertz CT molecular complexity index is 1260. The summed E-state index contributed by atoms with van der Waals surface area (Å²) in [6, 6.07) is 21.5. The molecule has 0 unspecified atom stereocenters. The van der Waals surface area contributed by atoms with Crippen molar-refractivity contribution in [1.82, 2.24) is 9.80 Å². The molecule has 1 aliphatic heterocycles. The standard InChI is InChI=1S/C31H38N2O3/c1-22(2)20-33(29(35)25-12-11-23-7-4-5-8-24(23)17-25)27-13-14-31(36)21-32(3)16-15-30(31,19-27)26-9-6-10-28(34)18-26/h4-12,17-18,22,27,34,36H,13-16,19-21H2,1-3H3/t27-,30+,31+/m1/s1. The van der Waals surface area contributed by atoms with Crippen molar-refractivity contribution in [1.29, 1.82) is 0 Å². The molecule has 5 nitrogen and oxygen atoms in total. The van der Waals surface area contributed by atoms with E-state index in [-0.39, 0.29) is 17.7 Å². The van der Waals surface area contributed by atoms with Gasteiger partial charge in [-0.05, 0) is 85.8 Å². The van der Waals surface area contributed by atoms with Crippen LogP contribution in [0.2, 0.25) is 0 Å². The fourth-order valence-electron chi connectivity index (χ4n) is 6.69. The summed E-state index contributed by atoms with van der Waals surface area (Å²) in [4.78, 5) is 18.3. The SMILES string of the molecule is CC(C)CN(C(=O)c1ccc2ccccc2c1)[C@@H]1CC[C@]2(O)CN(C)CC[C@@]2(c2cccc(O)c2)C1. The predicted octanol–water partition coefficient (Wildman–Crippen LogP) is 5.20. The number of carbonyl (C=O) groups is 1. The molecule has 2 N–H and O–H groups in total. The van der Waals surface area contributed by atoms with E-state index in [0.717, 1.165) is 35.7 Å². The molecule has 0 radical (unpaired) electrons. The van der Waals surface area contributed by atoms with E-state index in [1.165, 1.54) is 0 Å². The van der Waals surface area contributed by atoms with E-state index in [1.807, 2.05) is 48.5 Å². The molecule has 1 heterocycles. The van der Waals surface area contributed by atoms with E-state index in [4.69, 9.17) is 0 Å². The monoisotopic (exact) mass is 486 g/mol. The van der Waals surface area contributed by atoms with Crippen LogP contribution in [0.5, 0.6) is 5.75 Å². The number of benzene rings is 3. The van der Waals surface area contributed by atoms with E-state index in [9.17, 15) is 15.0 Å². The number of β-amino-alcohol motifs (C(OH)–C–C–N with tert-alkyl or cyclic N) is 1. The lowest BCUT2D eigenvalue weighted by atomic mass is 9.55. The highest BCUT2D eigenvalue weighted by molar-refractivity contribution is 5.98. The van der Waals surface area contributed by atoms with E-state index >= 15 is 0 Å². The zero-order valence-electron chi connectivity index (χ0n) is 21.7. The average Bonchev–Trinajstić information content (AvgIpc) is 2.86. The molecule has 190 valence electrons. The maximum Gasteiger partial charge on any atom is 0.254 e. The number of hydrogen-bond acceptors (Lipinski definition) is 4. The quantitative estimate of drug-likeness (QED) is 0.520. The maximum absolute atomic E-state index is 14.0. The molecule has 0 aromatic heterocycles. The van der Waals surface area contributed by atoms with Crippen LogP contribution in [0.3, 0.4) is 0 Å². The van der Waals surface area contributed by atoms with Crippen LogP contribution < -0.4 is 0 Å². The van der Waals surface area contributed by atoms with Gasteiger partial charge in [-0.1, -0.05) is 56.3 Å². The molecule has 2 fully saturated rings. The zero-order chi connectivity index (χ0) is 25.5. The van der Waals surface area contributed by atoms with Gasteiger partial charge >= 0.3 is 0 Å². The first-order valence-corrected chi connectivity index (χ1v) is 13.2. The minimum Gasteiger partial charge on any atom is -0.508 e. The van der Waals surface area contributed by atoms with Gasteiger partial charge in [0, 0.05) is 30.1 Å². The second kappa shape index (κ2) is 9.53. The molecular formula is C31H38N2O3. The van der Waals surface area contributed by atoms with Crippen LogP contribution in [0.4, 0.5) is 0 Å². The van der Waals surface area contributed by atoms with Gasteiger partial charge in [0.15, 0.2) is 0 Å². The fraction of sp³-hybridized carbons (Fsp3) is 0.452. The molecule has 36 heavy (non-hydrogen) atoms. The summed E-state index contributed by atoms with van der Waals surface area (Å²) >= 11 is 0. The number of likely N-dealkylation sites (N-methyl/N-ethyl adjacent to an activating group) is 1. The van der Waals surface area contributed by atoms with Crippen LogP contribution in [-0.4, -0.2) is 64.2 Å². The van der Waals surface area contributed by atoms with Crippen molar-refractivity contribution in [3.8, 4) is 5.75 Å². The number of phenolic OH excluding ortho intramolecular Hbond substituents is 1. The third kappa shape index (κ3) is 4.39. The fourth-order valence-corrected chi connectivity index (χ4v) is 6.69. The number of hydrogen-bond donors (Lipinski definition) is 2. The number of aliphatic hydroxyl groups is 1. The summed E-state index contributed by atoms with van der Waals surface area (Å²) in [5, 5.41) is 24.6. The van der Waals surface area contributed by atoms with Gasteiger partial charge in [0.05, 0.1) is 5.60 Å². The number of carbonyl (C=O) groups excluding carboxylic acids is 1. The second-order valence-electron chi connectivity index (χ2n) is 11.5. The van der Waals surface area contributed by atoms with Crippen molar-refractivity contribution >= 4 is 16.7 Å². The number of fused-ring (bicyclic) bond motifs is 2. The Labute approximate surface area is 214 Å². The molecular weight excluding hydrogens is 448 g/mol. The number of nitrogens with zero attached hydrogens (tertiary/aromatic N) is 2. The summed E-state index contributed by atoms with van der Waals surface area (Å²) in [5.41, 5.74) is 0.273. The summed E-state index contributed by atoms with van der Waals surface area (Å²) < 4.78 is 0. The molecule has 3 atom stereocenters. The summed E-state index contributed by atoms with van der Waals surface area (Å²) in [6.07, 6.45) is 2.86. The van der Waals surface area contributed by atoms with Crippen molar-refractivity contribution in [2.45, 2.75) is 56.6 Å². The molecule has 1 amide bonds. The Morgan fingerprint density at radius 3 is 2.58 bits per heavy atom. The van der Waals surface area contributed by atoms with E-state index in [0.29, 0.717) is 37.4 Å². The Morgan fingerprint density at radius 2 is 1.83 bits per heavy atom. The van der Waals surface area contributed by atoms with Gasteiger partial charge in [-0.3, -0.25) is 4.79 Å². The van der Waals surface area contributed by atoms with Crippen LogP contribution in [0.25, 0.3) is 10.8 Å². The number of aromatic hydroxyl groups is 1. The molecule has 5 rings (SSSR count). The van der Waals surface area contributed by atoms with Crippen molar-refractivity contribution in [2.24, 2.45) is 5.92 Å². The largest absolute Gasteiger partial charge is 0.508 e. The second-order valence-corrected chi connectivity index (χ2v) is 11.5. The molecule has 1 saturated carbocycles. The summed E-state index contributed by atoms with van der Waals surface area (Å²) in [7, 11) is 2.06. The first kappa shape index (κ1) is 24.8. The molecule has 1 saturated heterocycles. The number of likely N-dealkylation sites (tertiary alicyclic amines) is 1. The highest BCUT2D eigenvalue weighted by Crippen LogP contribution is 2.53. The van der Waals surface area contributed by atoms with Crippen molar-refractivity contribution < 1.29 is 15.0 Å². The van der Waals surface area contributed by atoms with Crippen LogP contribution in [0.1, 0.15) is 55.5 Å². The van der Waals surface area contributed by atoms with Gasteiger partial charge in [0.1, 0.15) is 5.75 Å². The minimum absolute atomic E-state index is 0.0115. The highest BCUT2D eigenvalue weighted by Gasteiger charge is 2.58. The number of phenols is 1.